The second-order valence-electron chi connectivity index (χ2n) is 5.14. The maximum absolute atomic E-state index is 5.16. The van der Waals surface area contributed by atoms with Gasteiger partial charge in [0.25, 0.3) is 0 Å². The van der Waals surface area contributed by atoms with Gasteiger partial charge in [0.05, 0.1) is 12.1 Å². The van der Waals surface area contributed by atoms with Crippen molar-refractivity contribution >= 4 is 17.3 Å². The van der Waals surface area contributed by atoms with Gasteiger partial charge >= 0.3 is 0 Å². The molecule has 0 radical (unpaired) electrons. The molecular weight excluding hydrogens is 308 g/mol. The number of thiazole rings is 1. The van der Waals surface area contributed by atoms with Crippen LogP contribution in [0.3, 0.4) is 0 Å². The second-order valence-corrected chi connectivity index (χ2v) is 6.46. The SMILES string of the molecule is CN=C(NCCc1ccc(OC)cc1)NCCc1ncc(C)s1. The highest BCUT2D eigenvalue weighted by atomic mass is 32.1. The third-order valence-electron chi connectivity index (χ3n) is 3.39. The van der Waals surface area contributed by atoms with Crippen molar-refractivity contribution in [1.82, 2.24) is 15.6 Å². The molecule has 0 amide bonds. The van der Waals surface area contributed by atoms with E-state index in [1.807, 2.05) is 18.3 Å². The Kier molecular flexibility index (Phi) is 6.87. The standard InChI is InChI=1S/C17H24N4OS/c1-13-12-21-16(23-13)9-11-20-17(18-2)19-10-8-14-4-6-15(22-3)7-5-14/h4-7,12H,8-11H2,1-3H3,(H2,18,19,20). The largest absolute Gasteiger partial charge is 0.497 e. The molecule has 0 aliphatic rings. The first-order valence-electron chi connectivity index (χ1n) is 7.70. The minimum atomic E-state index is 0.826. The number of nitrogens with zero attached hydrogens (tertiary/aromatic N) is 2. The topological polar surface area (TPSA) is 58.5 Å². The number of rotatable bonds is 7. The third kappa shape index (κ3) is 5.90. The molecule has 0 aliphatic carbocycles. The van der Waals surface area contributed by atoms with Gasteiger partial charge in [-0.15, -0.1) is 11.3 Å². The van der Waals surface area contributed by atoms with E-state index >= 15 is 0 Å². The summed E-state index contributed by atoms with van der Waals surface area (Å²) in [6, 6.07) is 8.14. The van der Waals surface area contributed by atoms with Crippen molar-refractivity contribution in [3.05, 3.63) is 45.9 Å². The van der Waals surface area contributed by atoms with Crippen molar-refractivity contribution in [2.24, 2.45) is 4.99 Å². The van der Waals surface area contributed by atoms with Crippen LogP contribution in [-0.4, -0.2) is 38.2 Å². The number of guanidine groups is 1. The van der Waals surface area contributed by atoms with Crippen molar-refractivity contribution in [2.45, 2.75) is 19.8 Å². The molecule has 124 valence electrons. The summed E-state index contributed by atoms with van der Waals surface area (Å²) in [4.78, 5) is 9.85. The Bertz CT molecular complexity index is 622. The minimum Gasteiger partial charge on any atom is -0.497 e. The monoisotopic (exact) mass is 332 g/mol. The van der Waals surface area contributed by atoms with E-state index in [4.69, 9.17) is 4.74 Å². The van der Waals surface area contributed by atoms with Crippen LogP contribution in [0.1, 0.15) is 15.4 Å². The summed E-state index contributed by atoms with van der Waals surface area (Å²) in [6.07, 6.45) is 3.77. The lowest BCUT2D eigenvalue weighted by Crippen LogP contribution is -2.39. The third-order valence-corrected chi connectivity index (χ3v) is 4.36. The molecule has 0 spiro atoms. The smallest absolute Gasteiger partial charge is 0.191 e. The van der Waals surface area contributed by atoms with Gasteiger partial charge in [-0.1, -0.05) is 12.1 Å². The maximum atomic E-state index is 5.16. The van der Waals surface area contributed by atoms with Gasteiger partial charge in [-0.3, -0.25) is 4.99 Å². The number of aliphatic imine (C=N–C) groups is 1. The van der Waals surface area contributed by atoms with Crippen LogP contribution in [0.4, 0.5) is 0 Å². The zero-order valence-corrected chi connectivity index (χ0v) is 14.7. The fourth-order valence-corrected chi connectivity index (χ4v) is 2.93. The zero-order chi connectivity index (χ0) is 16.5. The fourth-order valence-electron chi connectivity index (χ4n) is 2.14. The Balaban J connectivity index is 1.68. The Hall–Kier alpha value is -2.08. The summed E-state index contributed by atoms with van der Waals surface area (Å²) in [5, 5.41) is 7.80. The van der Waals surface area contributed by atoms with Gasteiger partial charge in [-0.05, 0) is 31.0 Å². The number of hydrogen-bond acceptors (Lipinski definition) is 4. The van der Waals surface area contributed by atoms with Crippen LogP contribution in [0, 0.1) is 6.92 Å². The molecule has 23 heavy (non-hydrogen) atoms. The van der Waals surface area contributed by atoms with E-state index in [0.29, 0.717) is 0 Å². The fraction of sp³-hybridized carbons (Fsp3) is 0.412. The molecule has 0 saturated heterocycles. The van der Waals surface area contributed by atoms with Gasteiger partial charge in [-0.2, -0.15) is 0 Å². The van der Waals surface area contributed by atoms with Crippen LogP contribution in [-0.2, 0) is 12.8 Å². The van der Waals surface area contributed by atoms with E-state index < -0.39 is 0 Å². The lowest BCUT2D eigenvalue weighted by atomic mass is 10.1. The lowest BCUT2D eigenvalue weighted by Gasteiger charge is -2.11. The van der Waals surface area contributed by atoms with Crippen molar-refractivity contribution in [3.8, 4) is 5.75 Å². The van der Waals surface area contributed by atoms with Crippen molar-refractivity contribution in [2.75, 3.05) is 27.2 Å². The van der Waals surface area contributed by atoms with E-state index in [1.165, 1.54) is 10.4 Å². The normalized spacial score (nSPS) is 11.3. The summed E-state index contributed by atoms with van der Waals surface area (Å²) < 4.78 is 5.16. The summed E-state index contributed by atoms with van der Waals surface area (Å²) in [5.74, 6) is 1.71. The molecule has 2 N–H and O–H groups in total. The van der Waals surface area contributed by atoms with Gasteiger partial charge in [0.1, 0.15) is 5.75 Å². The molecule has 0 fully saturated rings. The predicted octanol–water partition coefficient (Wildman–Crippen LogP) is 2.41. The summed E-state index contributed by atoms with van der Waals surface area (Å²) in [6.45, 7) is 3.74. The Morgan fingerprint density at radius 3 is 2.43 bits per heavy atom. The first-order chi connectivity index (χ1) is 11.2. The van der Waals surface area contributed by atoms with Crippen LogP contribution in [0.25, 0.3) is 0 Å². The molecule has 0 unspecified atom stereocenters. The van der Waals surface area contributed by atoms with Gasteiger partial charge in [0, 0.05) is 37.6 Å². The van der Waals surface area contributed by atoms with Gasteiger partial charge in [0.2, 0.25) is 0 Å². The maximum Gasteiger partial charge on any atom is 0.191 e. The highest BCUT2D eigenvalue weighted by Crippen LogP contribution is 2.11. The lowest BCUT2D eigenvalue weighted by molar-refractivity contribution is 0.414. The van der Waals surface area contributed by atoms with Crippen molar-refractivity contribution < 1.29 is 4.74 Å². The quantitative estimate of drug-likeness (QED) is 0.604. The van der Waals surface area contributed by atoms with E-state index in [0.717, 1.165) is 42.6 Å². The van der Waals surface area contributed by atoms with E-state index in [2.05, 4.69) is 39.7 Å². The van der Waals surface area contributed by atoms with Crippen LogP contribution in [0.5, 0.6) is 5.75 Å². The molecule has 5 nitrogen and oxygen atoms in total. The van der Waals surface area contributed by atoms with Crippen LogP contribution in [0.15, 0.2) is 35.5 Å². The molecule has 0 aliphatic heterocycles. The van der Waals surface area contributed by atoms with Crippen LogP contribution < -0.4 is 15.4 Å². The van der Waals surface area contributed by atoms with Crippen molar-refractivity contribution in [3.63, 3.8) is 0 Å². The highest BCUT2D eigenvalue weighted by Gasteiger charge is 2.01. The molecule has 1 aromatic carbocycles. The summed E-state index contributed by atoms with van der Waals surface area (Å²) in [5.41, 5.74) is 1.27. The summed E-state index contributed by atoms with van der Waals surface area (Å²) >= 11 is 1.74. The summed E-state index contributed by atoms with van der Waals surface area (Å²) in [7, 11) is 3.47. The Morgan fingerprint density at radius 1 is 1.17 bits per heavy atom. The number of benzene rings is 1. The molecule has 2 aromatic rings. The number of methoxy groups -OCH3 is 1. The molecule has 2 rings (SSSR count). The van der Waals surface area contributed by atoms with E-state index in [1.54, 1.807) is 25.5 Å². The average Bonchev–Trinajstić information content (AvgIpc) is 2.99. The Morgan fingerprint density at radius 2 is 1.87 bits per heavy atom. The molecule has 0 bridgehead atoms. The van der Waals surface area contributed by atoms with Crippen LogP contribution >= 0.6 is 11.3 Å². The van der Waals surface area contributed by atoms with Crippen LogP contribution in [0.2, 0.25) is 0 Å². The van der Waals surface area contributed by atoms with E-state index in [9.17, 15) is 0 Å². The Labute approximate surface area is 141 Å². The number of nitrogens with one attached hydrogen (secondary N) is 2. The number of aromatic nitrogens is 1. The molecular formula is C17H24N4OS. The molecule has 6 heteroatoms. The minimum absolute atomic E-state index is 0.826. The van der Waals surface area contributed by atoms with Gasteiger partial charge < -0.3 is 15.4 Å². The number of hydrogen-bond donors (Lipinski definition) is 2. The first-order valence-corrected chi connectivity index (χ1v) is 8.51. The number of aryl methyl sites for hydroxylation is 1. The highest BCUT2D eigenvalue weighted by molar-refractivity contribution is 7.11. The zero-order valence-electron chi connectivity index (χ0n) is 13.9. The molecule has 0 saturated carbocycles. The van der Waals surface area contributed by atoms with E-state index in [-0.39, 0.29) is 0 Å². The molecule has 1 aromatic heterocycles. The average molecular weight is 332 g/mol. The van der Waals surface area contributed by atoms with Gasteiger partial charge in [0.15, 0.2) is 5.96 Å². The van der Waals surface area contributed by atoms with Crippen molar-refractivity contribution in [1.29, 1.82) is 0 Å². The second kappa shape index (κ2) is 9.15. The predicted molar refractivity (Wildman–Crippen MR) is 96.6 cm³/mol. The number of ether oxygens (including phenoxy) is 1. The first kappa shape index (κ1) is 17.3. The molecule has 1 heterocycles. The molecule has 0 atom stereocenters. The van der Waals surface area contributed by atoms with Gasteiger partial charge in [-0.25, -0.2) is 4.98 Å².